The van der Waals surface area contributed by atoms with E-state index in [9.17, 15) is 9.59 Å². The molecule has 1 aliphatic heterocycles. The van der Waals surface area contributed by atoms with Crippen molar-refractivity contribution in [3.05, 3.63) is 59.1 Å². The molecule has 7 heteroatoms. The van der Waals surface area contributed by atoms with Crippen molar-refractivity contribution >= 4 is 51.7 Å². The van der Waals surface area contributed by atoms with Crippen molar-refractivity contribution in [1.29, 1.82) is 0 Å². The van der Waals surface area contributed by atoms with E-state index in [1.807, 2.05) is 30.3 Å². The van der Waals surface area contributed by atoms with Gasteiger partial charge in [0.25, 0.3) is 5.91 Å². The van der Waals surface area contributed by atoms with Crippen LogP contribution in [0.2, 0.25) is 5.02 Å². The van der Waals surface area contributed by atoms with Crippen LogP contribution in [-0.4, -0.2) is 29.3 Å². The maximum atomic E-state index is 12.3. The molecule has 1 N–H and O–H groups in total. The maximum absolute atomic E-state index is 12.3. The number of aliphatic imine (C=N–C) groups is 1. The summed E-state index contributed by atoms with van der Waals surface area (Å²) in [6.07, 6.45) is 0. The van der Waals surface area contributed by atoms with Crippen LogP contribution in [0.25, 0.3) is 0 Å². The molecule has 0 saturated carbocycles. The van der Waals surface area contributed by atoms with Gasteiger partial charge in [0.05, 0.1) is 16.5 Å². The van der Waals surface area contributed by atoms with Gasteiger partial charge in [-0.25, -0.2) is 0 Å². The van der Waals surface area contributed by atoms with Gasteiger partial charge in [-0.2, -0.15) is 0 Å². The zero-order chi connectivity index (χ0) is 19.4. The van der Waals surface area contributed by atoms with Gasteiger partial charge in [0, 0.05) is 5.69 Å². The summed E-state index contributed by atoms with van der Waals surface area (Å²) in [6, 6.07) is 14.9. The summed E-state index contributed by atoms with van der Waals surface area (Å²) in [4.78, 5) is 30.2. The van der Waals surface area contributed by atoms with Crippen molar-refractivity contribution in [2.24, 2.45) is 4.99 Å². The van der Waals surface area contributed by atoms with E-state index < -0.39 is 0 Å². The molecular weight excluding hydrogens is 382 g/mol. The Hall–Kier alpha value is -2.31. The molecule has 0 spiro atoms. The van der Waals surface area contributed by atoms with Crippen LogP contribution in [0.5, 0.6) is 0 Å². The van der Waals surface area contributed by atoms with Gasteiger partial charge in [0.2, 0.25) is 5.91 Å². The third kappa shape index (κ3) is 4.70. The summed E-state index contributed by atoms with van der Waals surface area (Å²) in [5, 5.41) is 3.82. The third-order valence-electron chi connectivity index (χ3n) is 4.08. The van der Waals surface area contributed by atoms with Gasteiger partial charge in [-0.1, -0.05) is 61.5 Å². The summed E-state index contributed by atoms with van der Waals surface area (Å²) in [7, 11) is 0. The Kier molecular flexibility index (Phi) is 6.19. The van der Waals surface area contributed by atoms with E-state index in [2.05, 4.69) is 24.2 Å². The Morgan fingerprint density at radius 2 is 1.93 bits per heavy atom. The van der Waals surface area contributed by atoms with Crippen LogP contribution in [0.15, 0.2) is 53.5 Å². The molecular formula is C20H20ClN3O2S. The Bertz CT molecular complexity index is 881. The second-order valence-electron chi connectivity index (χ2n) is 6.39. The van der Waals surface area contributed by atoms with E-state index in [1.165, 1.54) is 22.2 Å². The Labute approximate surface area is 167 Å². The molecule has 0 radical (unpaired) electrons. The first kappa shape index (κ1) is 19.5. The van der Waals surface area contributed by atoms with Crippen LogP contribution in [-0.2, 0) is 9.59 Å². The Balaban J connectivity index is 1.61. The highest BCUT2D eigenvalue weighted by molar-refractivity contribution is 8.14. The summed E-state index contributed by atoms with van der Waals surface area (Å²) < 4.78 is 0. The molecule has 2 aromatic rings. The minimum atomic E-state index is -0.157. The zero-order valence-electron chi connectivity index (χ0n) is 15.1. The number of carbonyl (C=O) groups is 2. The highest BCUT2D eigenvalue weighted by Gasteiger charge is 2.29. The molecule has 0 fully saturated rings. The second-order valence-corrected chi connectivity index (χ2v) is 7.74. The molecule has 5 nitrogen and oxygen atoms in total. The van der Waals surface area contributed by atoms with E-state index in [4.69, 9.17) is 11.6 Å². The first-order valence-electron chi connectivity index (χ1n) is 8.60. The molecule has 0 bridgehead atoms. The van der Waals surface area contributed by atoms with Gasteiger partial charge in [-0.05, 0) is 35.7 Å². The lowest BCUT2D eigenvalue weighted by atomic mass is 10.0. The van der Waals surface area contributed by atoms with Crippen molar-refractivity contribution in [2.75, 3.05) is 22.5 Å². The number of hydrogen-bond donors (Lipinski definition) is 1. The number of hydrogen-bond acceptors (Lipinski definition) is 4. The molecule has 1 heterocycles. The third-order valence-corrected chi connectivity index (χ3v) is 5.37. The van der Waals surface area contributed by atoms with E-state index in [0.29, 0.717) is 21.8 Å². The van der Waals surface area contributed by atoms with Crippen LogP contribution in [0, 0.1) is 0 Å². The molecule has 2 aromatic carbocycles. The monoisotopic (exact) mass is 401 g/mol. The predicted molar refractivity (Wildman–Crippen MR) is 113 cm³/mol. The summed E-state index contributed by atoms with van der Waals surface area (Å²) in [6.45, 7) is 4.31. The molecule has 0 unspecified atom stereocenters. The van der Waals surface area contributed by atoms with Crippen LogP contribution in [0.3, 0.4) is 0 Å². The number of nitrogens with one attached hydrogen (secondary N) is 1. The standard InChI is InChI=1S/C20H20ClN3O2S/c1-13(2)14-7-9-15(10-8-14)23-18(25)12-27-20-22-11-19(26)24(20)17-6-4-3-5-16(17)21/h3-10,13H,11-12H2,1-2H3,(H,23,25). The SMILES string of the molecule is CC(C)c1ccc(NC(=O)CSC2=NCC(=O)N2c2ccccc2Cl)cc1. The zero-order valence-corrected chi connectivity index (χ0v) is 16.7. The lowest BCUT2D eigenvalue weighted by Gasteiger charge is -2.19. The molecule has 0 aliphatic carbocycles. The van der Waals surface area contributed by atoms with Crippen LogP contribution in [0.1, 0.15) is 25.3 Å². The van der Waals surface area contributed by atoms with Gasteiger partial charge in [-0.15, -0.1) is 0 Å². The highest BCUT2D eigenvalue weighted by Crippen LogP contribution is 2.30. The number of halogens is 1. The van der Waals surface area contributed by atoms with Crippen molar-refractivity contribution < 1.29 is 9.59 Å². The number of benzene rings is 2. The number of amides is 2. The van der Waals surface area contributed by atoms with E-state index in [0.717, 1.165) is 5.69 Å². The van der Waals surface area contributed by atoms with Crippen molar-refractivity contribution in [3.8, 4) is 0 Å². The molecule has 2 amide bonds. The molecule has 27 heavy (non-hydrogen) atoms. The van der Waals surface area contributed by atoms with Gasteiger partial charge >= 0.3 is 0 Å². The molecule has 140 valence electrons. The Morgan fingerprint density at radius 1 is 1.22 bits per heavy atom. The molecule has 0 aromatic heterocycles. The molecule has 0 saturated heterocycles. The molecule has 3 rings (SSSR count). The topological polar surface area (TPSA) is 61.8 Å². The Morgan fingerprint density at radius 3 is 2.59 bits per heavy atom. The quantitative estimate of drug-likeness (QED) is 0.800. The summed E-state index contributed by atoms with van der Waals surface area (Å²) >= 11 is 7.42. The van der Waals surface area contributed by atoms with E-state index >= 15 is 0 Å². The average molecular weight is 402 g/mol. The number of anilines is 2. The van der Waals surface area contributed by atoms with Crippen molar-refractivity contribution in [2.45, 2.75) is 19.8 Å². The number of nitrogens with zero attached hydrogens (tertiary/aromatic N) is 2. The fraction of sp³-hybridized carbons (Fsp3) is 0.250. The second kappa shape index (κ2) is 8.59. The maximum Gasteiger partial charge on any atom is 0.254 e. The fourth-order valence-electron chi connectivity index (χ4n) is 2.64. The predicted octanol–water partition coefficient (Wildman–Crippen LogP) is 4.54. The number of carbonyl (C=O) groups excluding carboxylic acids is 2. The van der Waals surface area contributed by atoms with E-state index in [1.54, 1.807) is 18.2 Å². The van der Waals surface area contributed by atoms with E-state index in [-0.39, 0.29) is 24.1 Å². The summed E-state index contributed by atoms with van der Waals surface area (Å²) in [5.74, 6) is 0.284. The molecule has 0 atom stereocenters. The highest BCUT2D eigenvalue weighted by atomic mass is 35.5. The number of thioether (sulfide) groups is 1. The minimum Gasteiger partial charge on any atom is -0.325 e. The van der Waals surface area contributed by atoms with Gasteiger partial charge in [-0.3, -0.25) is 19.5 Å². The fourth-order valence-corrected chi connectivity index (χ4v) is 3.68. The van der Waals surface area contributed by atoms with Crippen molar-refractivity contribution in [3.63, 3.8) is 0 Å². The average Bonchev–Trinajstić information content (AvgIpc) is 3.01. The van der Waals surface area contributed by atoms with Crippen molar-refractivity contribution in [1.82, 2.24) is 0 Å². The summed E-state index contributed by atoms with van der Waals surface area (Å²) in [5.41, 5.74) is 2.55. The normalized spacial score (nSPS) is 13.9. The minimum absolute atomic E-state index is 0.0613. The first-order valence-corrected chi connectivity index (χ1v) is 9.96. The van der Waals surface area contributed by atoms with Gasteiger partial charge in [0.15, 0.2) is 5.17 Å². The largest absolute Gasteiger partial charge is 0.325 e. The van der Waals surface area contributed by atoms with Crippen LogP contribution < -0.4 is 10.2 Å². The first-order chi connectivity index (χ1) is 13.0. The van der Waals surface area contributed by atoms with Gasteiger partial charge in [0.1, 0.15) is 6.54 Å². The smallest absolute Gasteiger partial charge is 0.254 e. The lowest BCUT2D eigenvalue weighted by molar-refractivity contribution is -0.116. The molecule has 1 aliphatic rings. The number of para-hydroxylation sites is 1. The van der Waals surface area contributed by atoms with Crippen LogP contribution in [0.4, 0.5) is 11.4 Å². The number of rotatable bonds is 5. The van der Waals surface area contributed by atoms with Gasteiger partial charge < -0.3 is 5.32 Å². The lowest BCUT2D eigenvalue weighted by Crippen LogP contribution is -2.31. The number of amidine groups is 1. The van der Waals surface area contributed by atoms with Crippen LogP contribution >= 0.6 is 23.4 Å².